The summed E-state index contributed by atoms with van der Waals surface area (Å²) in [6.45, 7) is 0. The van der Waals surface area contributed by atoms with Crippen LogP contribution in [0.2, 0.25) is 0 Å². The van der Waals surface area contributed by atoms with Gasteiger partial charge < -0.3 is 15.6 Å². The van der Waals surface area contributed by atoms with Crippen LogP contribution in [0.5, 0.6) is 0 Å². The number of fused-ring (bicyclic) bond motifs is 2. The Kier molecular flexibility index (Phi) is 6.53. The van der Waals surface area contributed by atoms with Crippen molar-refractivity contribution in [1.29, 1.82) is 0 Å². The van der Waals surface area contributed by atoms with Crippen molar-refractivity contribution in [2.75, 3.05) is 0 Å². The molecule has 178 valence electrons. The van der Waals surface area contributed by atoms with Crippen molar-refractivity contribution in [1.82, 2.24) is 25.5 Å². The Hall–Kier alpha value is -2.61. The fourth-order valence-electron chi connectivity index (χ4n) is 6.06. The molecule has 4 N–H and O–H groups in total. The summed E-state index contributed by atoms with van der Waals surface area (Å²) < 4.78 is 1.88. The van der Waals surface area contributed by atoms with Crippen LogP contribution in [-0.2, 0) is 9.59 Å². The molecule has 1 aromatic heterocycles. The van der Waals surface area contributed by atoms with Gasteiger partial charge in [0.05, 0.1) is 23.1 Å². The summed E-state index contributed by atoms with van der Waals surface area (Å²) in [6.07, 6.45) is 9.89. The third-order valence-corrected chi connectivity index (χ3v) is 7.78. The van der Waals surface area contributed by atoms with Crippen molar-refractivity contribution in [3.8, 4) is 0 Å². The van der Waals surface area contributed by atoms with Gasteiger partial charge in [-0.3, -0.25) is 19.5 Å². The molecule has 0 radical (unpaired) electrons. The van der Waals surface area contributed by atoms with E-state index >= 15 is 0 Å². The van der Waals surface area contributed by atoms with Crippen molar-refractivity contribution >= 4 is 22.8 Å². The van der Waals surface area contributed by atoms with E-state index in [-0.39, 0.29) is 41.7 Å². The van der Waals surface area contributed by atoms with Crippen LogP contribution in [0, 0.1) is 5.92 Å². The fourth-order valence-corrected chi connectivity index (χ4v) is 6.06. The van der Waals surface area contributed by atoms with E-state index < -0.39 is 0 Å². The molecule has 3 aliphatic rings. The number of benzene rings is 1. The van der Waals surface area contributed by atoms with E-state index in [2.05, 4.69) is 20.9 Å². The molecule has 8 heteroatoms. The van der Waals surface area contributed by atoms with Gasteiger partial charge in [-0.1, -0.05) is 25.0 Å². The van der Waals surface area contributed by atoms with Gasteiger partial charge in [0.1, 0.15) is 0 Å². The van der Waals surface area contributed by atoms with E-state index in [9.17, 15) is 14.4 Å². The third kappa shape index (κ3) is 4.86. The number of nitrogens with one attached hydrogen (secondary N) is 4. The number of rotatable bonds is 6. The van der Waals surface area contributed by atoms with E-state index in [1.54, 1.807) is 0 Å². The van der Waals surface area contributed by atoms with E-state index in [4.69, 9.17) is 0 Å². The quantitative estimate of drug-likeness (QED) is 0.539. The molecule has 1 aliphatic heterocycles. The van der Waals surface area contributed by atoms with Crippen molar-refractivity contribution < 1.29 is 9.59 Å². The minimum absolute atomic E-state index is 0.0189. The first-order chi connectivity index (χ1) is 16.1. The lowest BCUT2D eigenvalue weighted by atomic mass is 9.82. The summed E-state index contributed by atoms with van der Waals surface area (Å²) >= 11 is 0. The summed E-state index contributed by atoms with van der Waals surface area (Å²) in [5.74, 6) is 0.382. The Balaban J connectivity index is 1.05. The van der Waals surface area contributed by atoms with E-state index in [1.165, 1.54) is 6.42 Å². The maximum atomic E-state index is 12.5. The lowest BCUT2D eigenvalue weighted by Gasteiger charge is -2.40. The molecule has 1 saturated heterocycles. The number of aromatic nitrogens is 2. The van der Waals surface area contributed by atoms with Crippen molar-refractivity contribution in [3.63, 3.8) is 0 Å². The Bertz CT molecular complexity index is 1050. The molecule has 2 heterocycles. The van der Waals surface area contributed by atoms with Gasteiger partial charge in [-0.15, -0.1) is 0 Å². The van der Waals surface area contributed by atoms with Gasteiger partial charge >= 0.3 is 5.69 Å². The molecule has 2 saturated carbocycles. The second kappa shape index (κ2) is 9.71. The highest BCUT2D eigenvalue weighted by Gasteiger charge is 2.37. The molecule has 3 fully saturated rings. The van der Waals surface area contributed by atoms with Crippen LogP contribution in [0.1, 0.15) is 76.7 Å². The van der Waals surface area contributed by atoms with Crippen molar-refractivity contribution in [3.05, 3.63) is 34.7 Å². The molecule has 3 atom stereocenters. The predicted octanol–water partition coefficient (Wildman–Crippen LogP) is 2.70. The SMILES string of the molecule is O=C(CCCC1NC(=O)C2CCCCC2N1)NC1CCC(n2c(=O)[nH]c3ccccc32)CC1. The molecule has 2 aromatic rings. The minimum atomic E-state index is -0.0494. The molecule has 1 aromatic carbocycles. The Labute approximate surface area is 193 Å². The number of carbonyl (C=O) groups excluding carboxylic acids is 2. The van der Waals surface area contributed by atoms with E-state index in [0.717, 1.165) is 68.8 Å². The highest BCUT2D eigenvalue weighted by molar-refractivity contribution is 5.80. The van der Waals surface area contributed by atoms with Gasteiger partial charge in [0, 0.05) is 24.5 Å². The average Bonchev–Trinajstić information content (AvgIpc) is 3.15. The summed E-state index contributed by atoms with van der Waals surface area (Å²) in [7, 11) is 0. The zero-order valence-electron chi connectivity index (χ0n) is 19.1. The average molecular weight is 454 g/mol. The monoisotopic (exact) mass is 453 g/mol. The number of nitrogens with zero attached hydrogens (tertiary/aromatic N) is 1. The maximum absolute atomic E-state index is 12.5. The number of imidazole rings is 1. The van der Waals surface area contributed by atoms with Crippen LogP contribution >= 0.6 is 0 Å². The molecule has 33 heavy (non-hydrogen) atoms. The minimum Gasteiger partial charge on any atom is -0.353 e. The van der Waals surface area contributed by atoms with Crippen molar-refractivity contribution in [2.24, 2.45) is 5.92 Å². The highest BCUT2D eigenvalue weighted by Crippen LogP contribution is 2.30. The molecular weight excluding hydrogens is 418 g/mol. The predicted molar refractivity (Wildman–Crippen MR) is 127 cm³/mol. The Morgan fingerprint density at radius 2 is 1.82 bits per heavy atom. The molecule has 2 aliphatic carbocycles. The van der Waals surface area contributed by atoms with Crippen LogP contribution < -0.4 is 21.6 Å². The number of aromatic amines is 1. The van der Waals surface area contributed by atoms with Crippen LogP contribution in [-0.4, -0.2) is 39.6 Å². The topological polar surface area (TPSA) is 108 Å². The summed E-state index contributed by atoms with van der Waals surface area (Å²) in [5, 5.41) is 9.86. The number of hydrogen-bond donors (Lipinski definition) is 4. The lowest BCUT2D eigenvalue weighted by Crippen LogP contribution is -2.62. The largest absolute Gasteiger partial charge is 0.353 e. The number of para-hydroxylation sites is 2. The number of amides is 2. The molecule has 0 bridgehead atoms. The Morgan fingerprint density at radius 1 is 1.03 bits per heavy atom. The van der Waals surface area contributed by atoms with Gasteiger partial charge in [-0.25, -0.2) is 4.79 Å². The Morgan fingerprint density at radius 3 is 2.67 bits per heavy atom. The lowest BCUT2D eigenvalue weighted by molar-refractivity contribution is -0.130. The fraction of sp³-hybridized carbons (Fsp3) is 0.640. The van der Waals surface area contributed by atoms with Crippen LogP contribution in [0.15, 0.2) is 29.1 Å². The second-order valence-electron chi connectivity index (χ2n) is 10.0. The first kappa shape index (κ1) is 22.2. The van der Waals surface area contributed by atoms with Gasteiger partial charge in [0.25, 0.3) is 0 Å². The number of hydrogen-bond acceptors (Lipinski definition) is 4. The molecule has 0 spiro atoms. The van der Waals surface area contributed by atoms with Gasteiger partial charge in [0.15, 0.2) is 0 Å². The summed E-state index contributed by atoms with van der Waals surface area (Å²) in [5.41, 5.74) is 1.78. The first-order valence-corrected chi connectivity index (χ1v) is 12.6. The third-order valence-electron chi connectivity index (χ3n) is 7.78. The van der Waals surface area contributed by atoms with Crippen LogP contribution in [0.4, 0.5) is 0 Å². The van der Waals surface area contributed by atoms with Crippen LogP contribution in [0.3, 0.4) is 0 Å². The van der Waals surface area contributed by atoms with Crippen molar-refractivity contribution in [2.45, 2.75) is 94.9 Å². The smallest absolute Gasteiger partial charge is 0.326 e. The second-order valence-corrected chi connectivity index (χ2v) is 10.0. The standard InChI is InChI=1S/C25H35N5O3/c31-23(11-5-10-22-27-19-7-2-1-6-18(19)24(32)29-22)26-16-12-14-17(15-13-16)30-21-9-4-3-8-20(21)28-25(30)33/h3-4,8-9,16-19,22,27H,1-2,5-7,10-15H2,(H,26,31)(H,28,33)(H,29,32). The first-order valence-electron chi connectivity index (χ1n) is 12.6. The van der Waals surface area contributed by atoms with Gasteiger partial charge in [0.2, 0.25) is 11.8 Å². The van der Waals surface area contributed by atoms with Gasteiger partial charge in [-0.05, 0) is 63.5 Å². The van der Waals surface area contributed by atoms with Crippen LogP contribution in [0.25, 0.3) is 11.0 Å². The number of carbonyl (C=O) groups is 2. The zero-order valence-corrected chi connectivity index (χ0v) is 19.1. The molecular formula is C25H35N5O3. The molecule has 3 unspecified atom stereocenters. The summed E-state index contributed by atoms with van der Waals surface area (Å²) in [6, 6.07) is 8.45. The highest BCUT2D eigenvalue weighted by atomic mass is 16.2. The number of H-pyrrole nitrogens is 1. The normalized spacial score (nSPS) is 29.9. The maximum Gasteiger partial charge on any atom is 0.326 e. The van der Waals surface area contributed by atoms with E-state index in [1.807, 2.05) is 28.8 Å². The molecule has 8 nitrogen and oxygen atoms in total. The molecule has 5 rings (SSSR count). The molecule has 2 amide bonds. The zero-order chi connectivity index (χ0) is 22.8. The summed E-state index contributed by atoms with van der Waals surface area (Å²) in [4.78, 5) is 40.2. The van der Waals surface area contributed by atoms with E-state index in [0.29, 0.717) is 12.5 Å². The van der Waals surface area contributed by atoms with Gasteiger partial charge in [-0.2, -0.15) is 0 Å².